The van der Waals surface area contributed by atoms with Gasteiger partial charge in [-0.15, -0.1) is 0 Å². The second kappa shape index (κ2) is 11.4. The second-order valence-corrected chi connectivity index (χ2v) is 4.78. The molecular formula is C14H31NO. The minimum atomic E-state index is 0.375. The molecule has 0 radical (unpaired) electrons. The lowest BCUT2D eigenvalue weighted by Crippen LogP contribution is -2.33. The maximum atomic E-state index is 5.35. The summed E-state index contributed by atoms with van der Waals surface area (Å²) in [6, 6.07) is 0.645. The molecule has 16 heavy (non-hydrogen) atoms. The molecule has 0 saturated carbocycles. The molecule has 2 unspecified atom stereocenters. The fraction of sp³-hybridized carbons (Fsp3) is 1.00. The molecule has 0 rings (SSSR count). The van der Waals surface area contributed by atoms with Crippen LogP contribution in [-0.4, -0.2) is 25.8 Å². The summed E-state index contributed by atoms with van der Waals surface area (Å²) in [5.74, 6) is 0. The van der Waals surface area contributed by atoms with Gasteiger partial charge in [-0.3, -0.25) is 0 Å². The smallest absolute Gasteiger partial charge is 0.0558 e. The summed E-state index contributed by atoms with van der Waals surface area (Å²) in [5, 5.41) is 3.63. The van der Waals surface area contributed by atoms with Crippen molar-refractivity contribution < 1.29 is 4.74 Å². The summed E-state index contributed by atoms with van der Waals surface area (Å²) in [4.78, 5) is 0. The molecule has 0 amide bonds. The molecule has 0 saturated heterocycles. The molecule has 0 aromatic heterocycles. The van der Waals surface area contributed by atoms with Crippen LogP contribution in [0.2, 0.25) is 0 Å². The molecule has 2 nitrogen and oxygen atoms in total. The van der Waals surface area contributed by atoms with Crippen LogP contribution in [0.1, 0.15) is 65.7 Å². The van der Waals surface area contributed by atoms with E-state index in [9.17, 15) is 0 Å². The minimum Gasteiger partial charge on any atom is -0.382 e. The highest BCUT2D eigenvalue weighted by Gasteiger charge is 2.11. The summed E-state index contributed by atoms with van der Waals surface area (Å²) in [7, 11) is 1.80. The van der Waals surface area contributed by atoms with E-state index in [1.807, 2.05) is 0 Å². The van der Waals surface area contributed by atoms with E-state index < -0.39 is 0 Å². The van der Waals surface area contributed by atoms with Gasteiger partial charge in [0.15, 0.2) is 0 Å². The van der Waals surface area contributed by atoms with Crippen molar-refractivity contribution in [2.75, 3.05) is 13.7 Å². The van der Waals surface area contributed by atoms with Crippen molar-refractivity contribution in [1.82, 2.24) is 5.32 Å². The highest BCUT2D eigenvalue weighted by molar-refractivity contribution is 4.70. The minimum absolute atomic E-state index is 0.375. The van der Waals surface area contributed by atoms with Crippen LogP contribution in [0.25, 0.3) is 0 Å². The van der Waals surface area contributed by atoms with Gasteiger partial charge in [-0.25, -0.2) is 0 Å². The lowest BCUT2D eigenvalue weighted by atomic mass is 10.0. The lowest BCUT2D eigenvalue weighted by Gasteiger charge is -2.21. The highest BCUT2D eigenvalue weighted by atomic mass is 16.5. The van der Waals surface area contributed by atoms with E-state index >= 15 is 0 Å². The molecule has 1 N–H and O–H groups in total. The third-order valence-corrected chi connectivity index (χ3v) is 3.11. The first-order valence-corrected chi connectivity index (χ1v) is 7.00. The van der Waals surface area contributed by atoms with Gasteiger partial charge in [-0.05, 0) is 32.7 Å². The SMILES string of the molecule is CCCCCCC(CC(C)OC)NCCC. The summed E-state index contributed by atoms with van der Waals surface area (Å²) in [5.41, 5.74) is 0. The Morgan fingerprint density at radius 3 is 2.38 bits per heavy atom. The predicted octanol–water partition coefficient (Wildman–Crippen LogP) is 3.75. The van der Waals surface area contributed by atoms with Gasteiger partial charge < -0.3 is 10.1 Å². The fourth-order valence-corrected chi connectivity index (χ4v) is 1.97. The van der Waals surface area contributed by atoms with Crippen LogP contribution in [0, 0.1) is 0 Å². The molecule has 2 atom stereocenters. The van der Waals surface area contributed by atoms with Crippen molar-refractivity contribution in [1.29, 1.82) is 0 Å². The van der Waals surface area contributed by atoms with E-state index in [0.717, 1.165) is 13.0 Å². The number of nitrogens with one attached hydrogen (secondary N) is 1. The Morgan fingerprint density at radius 2 is 1.81 bits per heavy atom. The van der Waals surface area contributed by atoms with E-state index in [4.69, 9.17) is 4.74 Å². The Hall–Kier alpha value is -0.0800. The Balaban J connectivity index is 3.71. The molecule has 2 heteroatoms. The van der Waals surface area contributed by atoms with Gasteiger partial charge in [0, 0.05) is 13.2 Å². The van der Waals surface area contributed by atoms with Gasteiger partial charge in [-0.1, -0.05) is 39.5 Å². The van der Waals surface area contributed by atoms with Crippen molar-refractivity contribution in [3.05, 3.63) is 0 Å². The van der Waals surface area contributed by atoms with Crippen LogP contribution in [0.4, 0.5) is 0 Å². The standard InChI is InChI=1S/C14H31NO/c1-5-7-8-9-10-14(15-11-6-2)12-13(3)16-4/h13-15H,5-12H2,1-4H3. The maximum Gasteiger partial charge on any atom is 0.0558 e. The first-order valence-electron chi connectivity index (χ1n) is 7.00. The van der Waals surface area contributed by atoms with Crippen LogP contribution in [-0.2, 0) is 4.74 Å². The van der Waals surface area contributed by atoms with Gasteiger partial charge in [-0.2, -0.15) is 0 Å². The molecule has 0 aromatic rings. The molecule has 0 aliphatic heterocycles. The van der Waals surface area contributed by atoms with Crippen molar-refractivity contribution >= 4 is 0 Å². The van der Waals surface area contributed by atoms with Gasteiger partial charge >= 0.3 is 0 Å². The highest BCUT2D eigenvalue weighted by Crippen LogP contribution is 2.11. The number of unbranched alkanes of at least 4 members (excludes halogenated alkanes) is 3. The summed E-state index contributed by atoms with van der Waals surface area (Å²) in [6.45, 7) is 7.78. The quantitative estimate of drug-likeness (QED) is 0.545. The van der Waals surface area contributed by atoms with Crippen LogP contribution < -0.4 is 5.32 Å². The zero-order valence-electron chi connectivity index (χ0n) is 11.7. The van der Waals surface area contributed by atoms with Gasteiger partial charge in [0.05, 0.1) is 6.10 Å². The Labute approximate surface area is 102 Å². The normalized spacial score (nSPS) is 15.0. The molecular weight excluding hydrogens is 198 g/mol. The molecule has 0 aliphatic rings. The van der Waals surface area contributed by atoms with E-state index in [1.54, 1.807) is 7.11 Å². The van der Waals surface area contributed by atoms with Crippen molar-refractivity contribution in [3.8, 4) is 0 Å². The predicted molar refractivity (Wildman–Crippen MR) is 71.9 cm³/mol. The molecule has 0 heterocycles. The number of hydrogen-bond donors (Lipinski definition) is 1. The van der Waals surface area contributed by atoms with Gasteiger partial charge in [0.1, 0.15) is 0 Å². The van der Waals surface area contributed by atoms with E-state index in [0.29, 0.717) is 12.1 Å². The van der Waals surface area contributed by atoms with Gasteiger partial charge in [0.2, 0.25) is 0 Å². The zero-order chi connectivity index (χ0) is 12.2. The Bertz CT molecular complexity index is 139. The average Bonchev–Trinajstić information content (AvgIpc) is 2.30. The largest absolute Gasteiger partial charge is 0.382 e. The molecule has 0 aliphatic carbocycles. The summed E-state index contributed by atoms with van der Waals surface area (Å²) < 4.78 is 5.35. The van der Waals surface area contributed by atoms with Crippen LogP contribution >= 0.6 is 0 Å². The molecule has 0 spiro atoms. The first-order chi connectivity index (χ1) is 7.74. The number of ether oxygens (including phenoxy) is 1. The maximum absolute atomic E-state index is 5.35. The number of methoxy groups -OCH3 is 1. The van der Waals surface area contributed by atoms with E-state index in [-0.39, 0.29) is 0 Å². The first kappa shape index (κ1) is 15.9. The lowest BCUT2D eigenvalue weighted by molar-refractivity contribution is 0.0989. The summed E-state index contributed by atoms with van der Waals surface area (Å²) >= 11 is 0. The molecule has 0 aromatic carbocycles. The third-order valence-electron chi connectivity index (χ3n) is 3.11. The summed E-state index contributed by atoms with van der Waals surface area (Å²) in [6.07, 6.45) is 9.46. The second-order valence-electron chi connectivity index (χ2n) is 4.78. The monoisotopic (exact) mass is 229 g/mol. The van der Waals surface area contributed by atoms with E-state index in [2.05, 4.69) is 26.1 Å². The van der Waals surface area contributed by atoms with Crippen molar-refractivity contribution in [2.45, 2.75) is 77.9 Å². The Kier molecular flexibility index (Phi) is 11.3. The van der Waals surface area contributed by atoms with Crippen LogP contribution in [0.5, 0.6) is 0 Å². The van der Waals surface area contributed by atoms with E-state index in [1.165, 1.54) is 38.5 Å². The Morgan fingerprint density at radius 1 is 1.06 bits per heavy atom. The van der Waals surface area contributed by atoms with Crippen molar-refractivity contribution in [2.24, 2.45) is 0 Å². The molecule has 0 bridgehead atoms. The van der Waals surface area contributed by atoms with Crippen LogP contribution in [0.3, 0.4) is 0 Å². The third kappa shape index (κ3) is 9.17. The number of rotatable bonds is 11. The van der Waals surface area contributed by atoms with Crippen LogP contribution in [0.15, 0.2) is 0 Å². The fourth-order valence-electron chi connectivity index (χ4n) is 1.97. The topological polar surface area (TPSA) is 21.3 Å². The van der Waals surface area contributed by atoms with Gasteiger partial charge in [0.25, 0.3) is 0 Å². The molecule has 98 valence electrons. The number of hydrogen-bond acceptors (Lipinski definition) is 2. The molecule has 0 fully saturated rings. The average molecular weight is 229 g/mol. The zero-order valence-corrected chi connectivity index (χ0v) is 11.7. The van der Waals surface area contributed by atoms with Crippen molar-refractivity contribution in [3.63, 3.8) is 0 Å².